The van der Waals surface area contributed by atoms with Crippen molar-refractivity contribution in [2.45, 2.75) is 19.6 Å². The molecule has 0 aliphatic carbocycles. The van der Waals surface area contributed by atoms with E-state index in [0.717, 1.165) is 16.7 Å². The highest BCUT2D eigenvalue weighted by Crippen LogP contribution is 2.15. The number of hydrogen-bond donors (Lipinski definition) is 1. The van der Waals surface area contributed by atoms with Gasteiger partial charge in [0.05, 0.1) is 0 Å². The lowest BCUT2D eigenvalue weighted by Gasteiger charge is -2.08. The van der Waals surface area contributed by atoms with Crippen molar-refractivity contribution in [1.29, 1.82) is 0 Å². The van der Waals surface area contributed by atoms with Crippen molar-refractivity contribution >= 4 is 16.8 Å². The van der Waals surface area contributed by atoms with E-state index in [1.807, 2.05) is 32.0 Å². The Morgan fingerprint density at radius 2 is 1.87 bits per heavy atom. The standard InChI is InChI=1S/C11H14O3S/c1-8-4-3-5-9(2)10(8)6-15(14)7-11(12)13/h3-5H,6-7H2,1-2H3,(H,12,13). The zero-order valence-corrected chi connectivity index (χ0v) is 9.63. The van der Waals surface area contributed by atoms with Gasteiger partial charge in [0, 0.05) is 16.6 Å². The molecular weight excluding hydrogens is 212 g/mol. The van der Waals surface area contributed by atoms with E-state index < -0.39 is 16.8 Å². The van der Waals surface area contributed by atoms with E-state index >= 15 is 0 Å². The lowest BCUT2D eigenvalue weighted by atomic mass is 10.1. The van der Waals surface area contributed by atoms with Crippen LogP contribution in [-0.4, -0.2) is 21.0 Å². The van der Waals surface area contributed by atoms with E-state index in [1.165, 1.54) is 0 Å². The molecule has 0 amide bonds. The van der Waals surface area contributed by atoms with Crippen molar-refractivity contribution in [3.63, 3.8) is 0 Å². The summed E-state index contributed by atoms with van der Waals surface area (Å²) in [6.45, 7) is 3.89. The van der Waals surface area contributed by atoms with E-state index in [1.54, 1.807) is 0 Å². The number of carbonyl (C=O) groups is 1. The van der Waals surface area contributed by atoms with Crippen LogP contribution in [0.2, 0.25) is 0 Å². The molecule has 1 unspecified atom stereocenters. The summed E-state index contributed by atoms with van der Waals surface area (Å²) in [4.78, 5) is 10.4. The van der Waals surface area contributed by atoms with Gasteiger partial charge in [-0.05, 0) is 30.5 Å². The minimum Gasteiger partial charge on any atom is -0.481 e. The maximum atomic E-state index is 11.5. The quantitative estimate of drug-likeness (QED) is 0.849. The van der Waals surface area contributed by atoms with Crippen LogP contribution in [-0.2, 0) is 21.3 Å². The molecule has 0 saturated heterocycles. The van der Waals surface area contributed by atoms with Crippen LogP contribution < -0.4 is 0 Å². The van der Waals surface area contributed by atoms with Crippen LogP contribution in [0.25, 0.3) is 0 Å². The molecule has 0 aliphatic rings. The summed E-state index contributed by atoms with van der Waals surface area (Å²) < 4.78 is 11.5. The third-order valence-electron chi connectivity index (χ3n) is 2.23. The van der Waals surface area contributed by atoms with Gasteiger partial charge in [0.25, 0.3) is 0 Å². The molecule has 1 aromatic carbocycles. The Bertz CT molecular complexity index is 379. The van der Waals surface area contributed by atoms with E-state index in [0.29, 0.717) is 5.75 Å². The van der Waals surface area contributed by atoms with E-state index in [2.05, 4.69) is 0 Å². The Morgan fingerprint density at radius 1 is 1.33 bits per heavy atom. The topological polar surface area (TPSA) is 54.4 Å². The normalized spacial score (nSPS) is 12.4. The average molecular weight is 226 g/mol. The van der Waals surface area contributed by atoms with Crippen molar-refractivity contribution in [2.75, 3.05) is 5.75 Å². The fourth-order valence-electron chi connectivity index (χ4n) is 1.43. The molecule has 1 N–H and O–H groups in total. The molecule has 1 aromatic rings. The average Bonchev–Trinajstić information content (AvgIpc) is 2.10. The fraction of sp³-hybridized carbons (Fsp3) is 0.364. The monoisotopic (exact) mass is 226 g/mol. The van der Waals surface area contributed by atoms with Crippen LogP contribution >= 0.6 is 0 Å². The summed E-state index contributed by atoms with van der Waals surface area (Å²) in [7, 11) is -1.32. The maximum Gasteiger partial charge on any atom is 0.316 e. The second kappa shape index (κ2) is 5.07. The number of benzene rings is 1. The second-order valence-corrected chi connectivity index (χ2v) is 4.95. The van der Waals surface area contributed by atoms with Crippen molar-refractivity contribution in [3.8, 4) is 0 Å². The van der Waals surface area contributed by atoms with Crippen LogP contribution in [0.3, 0.4) is 0 Å². The van der Waals surface area contributed by atoms with Crippen molar-refractivity contribution in [3.05, 3.63) is 34.9 Å². The molecule has 0 heterocycles. The Hall–Kier alpha value is -1.16. The van der Waals surface area contributed by atoms with Crippen LogP contribution in [0.15, 0.2) is 18.2 Å². The van der Waals surface area contributed by atoms with Gasteiger partial charge < -0.3 is 5.11 Å². The first-order valence-electron chi connectivity index (χ1n) is 4.62. The minimum atomic E-state index is -1.32. The smallest absolute Gasteiger partial charge is 0.316 e. The Morgan fingerprint density at radius 3 is 2.33 bits per heavy atom. The van der Waals surface area contributed by atoms with Crippen molar-refractivity contribution in [1.82, 2.24) is 0 Å². The van der Waals surface area contributed by atoms with Crippen molar-refractivity contribution < 1.29 is 14.1 Å². The Balaban J connectivity index is 2.80. The summed E-state index contributed by atoms with van der Waals surface area (Å²) >= 11 is 0. The third-order valence-corrected chi connectivity index (χ3v) is 3.41. The Labute approximate surface area is 91.6 Å². The lowest BCUT2D eigenvalue weighted by molar-refractivity contribution is -0.133. The molecule has 3 nitrogen and oxygen atoms in total. The summed E-state index contributed by atoms with van der Waals surface area (Å²) in [5.74, 6) is -0.974. The molecule has 82 valence electrons. The highest BCUT2D eigenvalue weighted by molar-refractivity contribution is 7.84. The zero-order valence-electron chi connectivity index (χ0n) is 8.82. The largest absolute Gasteiger partial charge is 0.481 e. The number of carboxylic acid groups (broad SMARTS) is 1. The van der Waals surface area contributed by atoms with E-state index in [9.17, 15) is 9.00 Å². The zero-order chi connectivity index (χ0) is 11.4. The minimum absolute atomic E-state index is 0.284. The van der Waals surface area contributed by atoms with Gasteiger partial charge in [-0.2, -0.15) is 0 Å². The predicted octanol–water partition coefficient (Wildman–Crippen LogP) is 1.64. The fourth-order valence-corrected chi connectivity index (χ4v) is 2.58. The van der Waals surface area contributed by atoms with Gasteiger partial charge in [-0.15, -0.1) is 0 Å². The molecule has 0 aromatic heterocycles. The Kier molecular flexibility index (Phi) is 4.03. The molecule has 0 saturated carbocycles. The summed E-state index contributed by atoms with van der Waals surface area (Å²) in [5, 5.41) is 8.51. The highest BCUT2D eigenvalue weighted by Gasteiger charge is 2.10. The van der Waals surface area contributed by atoms with Gasteiger partial charge in [-0.3, -0.25) is 9.00 Å². The molecule has 4 heteroatoms. The second-order valence-electron chi connectivity index (χ2n) is 3.49. The molecule has 0 spiro atoms. The van der Waals surface area contributed by atoms with Crippen LogP contribution in [0, 0.1) is 13.8 Å². The van der Waals surface area contributed by atoms with Crippen LogP contribution in [0.5, 0.6) is 0 Å². The third kappa shape index (κ3) is 3.47. The molecule has 1 atom stereocenters. The first-order valence-corrected chi connectivity index (χ1v) is 6.11. The first-order chi connectivity index (χ1) is 7.00. The number of aryl methyl sites for hydroxylation is 2. The molecule has 0 radical (unpaired) electrons. The molecule has 0 fully saturated rings. The number of rotatable bonds is 4. The van der Waals surface area contributed by atoms with Gasteiger partial charge in [0.1, 0.15) is 5.75 Å². The molecule has 0 aliphatic heterocycles. The SMILES string of the molecule is Cc1cccc(C)c1CS(=O)CC(=O)O. The maximum absolute atomic E-state index is 11.5. The van der Waals surface area contributed by atoms with Gasteiger partial charge >= 0.3 is 5.97 Å². The summed E-state index contributed by atoms with van der Waals surface area (Å²) in [5.41, 5.74) is 3.12. The van der Waals surface area contributed by atoms with Gasteiger partial charge in [0.2, 0.25) is 0 Å². The highest BCUT2D eigenvalue weighted by atomic mass is 32.2. The van der Waals surface area contributed by atoms with Gasteiger partial charge in [0.15, 0.2) is 0 Å². The summed E-state index contributed by atoms with van der Waals surface area (Å²) in [6.07, 6.45) is 0. The number of carboxylic acids is 1. The first kappa shape index (κ1) is 11.9. The van der Waals surface area contributed by atoms with Crippen LogP contribution in [0.1, 0.15) is 16.7 Å². The summed E-state index contributed by atoms with van der Waals surface area (Å²) in [6, 6.07) is 5.83. The van der Waals surface area contributed by atoms with E-state index in [4.69, 9.17) is 5.11 Å². The van der Waals surface area contributed by atoms with Gasteiger partial charge in [-0.25, -0.2) is 0 Å². The number of hydrogen-bond acceptors (Lipinski definition) is 2. The molecule has 15 heavy (non-hydrogen) atoms. The number of aliphatic carboxylic acids is 1. The molecule has 0 bridgehead atoms. The van der Waals surface area contributed by atoms with Crippen LogP contribution in [0.4, 0.5) is 0 Å². The predicted molar refractivity (Wildman–Crippen MR) is 60.3 cm³/mol. The van der Waals surface area contributed by atoms with E-state index in [-0.39, 0.29) is 5.75 Å². The molecular formula is C11H14O3S. The van der Waals surface area contributed by atoms with Gasteiger partial charge in [-0.1, -0.05) is 18.2 Å². The molecule has 1 rings (SSSR count). The lowest BCUT2D eigenvalue weighted by Crippen LogP contribution is -2.11. The van der Waals surface area contributed by atoms with Crippen molar-refractivity contribution in [2.24, 2.45) is 0 Å².